The Hall–Kier alpha value is -1.90. The number of ether oxygens (including phenoxy) is 1. The van der Waals surface area contributed by atoms with E-state index in [9.17, 15) is 0 Å². The van der Waals surface area contributed by atoms with Crippen molar-refractivity contribution >= 4 is 17.3 Å². The van der Waals surface area contributed by atoms with Crippen molar-refractivity contribution < 1.29 is 9.26 Å². The summed E-state index contributed by atoms with van der Waals surface area (Å²) in [6, 6.07) is 4.73. The molecule has 7 nitrogen and oxygen atoms in total. The second kappa shape index (κ2) is 10.8. The van der Waals surface area contributed by atoms with Crippen LogP contribution in [0, 0.1) is 20.8 Å². The van der Waals surface area contributed by atoms with E-state index in [1.54, 1.807) is 0 Å². The number of nitrogens with one attached hydrogen (secondary N) is 2. The Morgan fingerprint density at radius 2 is 2.03 bits per heavy atom. The molecule has 1 atom stereocenters. The summed E-state index contributed by atoms with van der Waals surface area (Å²) in [7, 11) is 0. The number of aromatic nitrogens is 1. The predicted molar refractivity (Wildman–Crippen MR) is 118 cm³/mol. The van der Waals surface area contributed by atoms with Crippen LogP contribution >= 0.6 is 11.3 Å². The van der Waals surface area contributed by atoms with Crippen molar-refractivity contribution in [3.8, 4) is 0 Å². The highest BCUT2D eigenvalue weighted by molar-refractivity contribution is 7.12. The summed E-state index contributed by atoms with van der Waals surface area (Å²) < 4.78 is 10.8. The van der Waals surface area contributed by atoms with Crippen LogP contribution in [0.25, 0.3) is 0 Å². The van der Waals surface area contributed by atoms with Crippen molar-refractivity contribution in [3.05, 3.63) is 38.9 Å². The first kappa shape index (κ1) is 21.8. The minimum atomic E-state index is 0.288. The second-order valence-electron chi connectivity index (χ2n) is 7.31. The summed E-state index contributed by atoms with van der Waals surface area (Å²) in [6.07, 6.45) is 0.864. The van der Waals surface area contributed by atoms with Crippen LogP contribution in [0.4, 0.5) is 0 Å². The molecule has 2 N–H and O–H groups in total. The van der Waals surface area contributed by atoms with Crippen LogP contribution in [0.1, 0.15) is 39.7 Å². The Bertz CT molecular complexity index is 775. The van der Waals surface area contributed by atoms with Crippen LogP contribution in [-0.2, 0) is 11.2 Å². The van der Waals surface area contributed by atoms with Crippen LogP contribution in [0.5, 0.6) is 0 Å². The summed E-state index contributed by atoms with van der Waals surface area (Å²) in [5.74, 6) is 1.75. The molecule has 0 spiro atoms. The molecule has 8 heteroatoms. The Morgan fingerprint density at radius 1 is 1.24 bits per heavy atom. The molecule has 0 bridgehead atoms. The fraction of sp³-hybridized carbons (Fsp3) is 0.619. The zero-order valence-electron chi connectivity index (χ0n) is 18.0. The number of morpholine rings is 1. The molecule has 29 heavy (non-hydrogen) atoms. The van der Waals surface area contributed by atoms with Gasteiger partial charge in [0.2, 0.25) is 0 Å². The molecule has 1 aliphatic heterocycles. The van der Waals surface area contributed by atoms with Crippen molar-refractivity contribution in [2.45, 2.75) is 40.2 Å². The Morgan fingerprint density at radius 3 is 2.66 bits per heavy atom. The van der Waals surface area contributed by atoms with Crippen molar-refractivity contribution in [2.75, 3.05) is 45.9 Å². The first-order valence-electron chi connectivity index (χ1n) is 10.4. The van der Waals surface area contributed by atoms with E-state index in [4.69, 9.17) is 14.3 Å². The number of thiophene rings is 1. The molecule has 1 aliphatic rings. The standard InChI is InChI=1S/C21H33N5O2S/c1-5-22-21(23-9-8-18-16(3)25-28-17(18)4)24-14-19(20-7-6-15(2)29-20)26-10-12-27-13-11-26/h6-7,19H,5,8-14H2,1-4H3,(H2,22,23,24). The number of hydrogen-bond donors (Lipinski definition) is 2. The molecule has 0 aliphatic carbocycles. The van der Waals surface area contributed by atoms with Gasteiger partial charge in [-0.15, -0.1) is 11.3 Å². The fourth-order valence-corrected chi connectivity index (χ4v) is 4.59. The zero-order chi connectivity index (χ0) is 20.6. The number of hydrogen-bond acceptors (Lipinski definition) is 6. The van der Waals surface area contributed by atoms with Crippen LogP contribution in [0.2, 0.25) is 0 Å². The van der Waals surface area contributed by atoms with Gasteiger partial charge in [0, 0.05) is 41.5 Å². The lowest BCUT2D eigenvalue weighted by Gasteiger charge is -2.33. The lowest BCUT2D eigenvalue weighted by molar-refractivity contribution is 0.0186. The first-order valence-corrected chi connectivity index (χ1v) is 11.2. The zero-order valence-corrected chi connectivity index (χ0v) is 18.8. The van der Waals surface area contributed by atoms with Crippen LogP contribution in [0.15, 0.2) is 21.6 Å². The third-order valence-corrected chi connectivity index (χ3v) is 6.29. The number of rotatable bonds is 8. The van der Waals surface area contributed by atoms with Crippen LogP contribution in [0.3, 0.4) is 0 Å². The summed E-state index contributed by atoms with van der Waals surface area (Å²) in [5, 5.41) is 10.9. The maximum Gasteiger partial charge on any atom is 0.191 e. The molecule has 0 saturated carbocycles. The molecule has 3 rings (SSSR count). The molecule has 160 valence electrons. The predicted octanol–water partition coefficient (Wildman–Crippen LogP) is 2.83. The molecule has 0 amide bonds. The quantitative estimate of drug-likeness (QED) is 0.506. The van der Waals surface area contributed by atoms with Crippen molar-refractivity contribution in [1.29, 1.82) is 0 Å². The summed E-state index contributed by atoms with van der Waals surface area (Å²) in [4.78, 5) is 10.1. The Kier molecular flexibility index (Phi) is 8.09. The van der Waals surface area contributed by atoms with E-state index < -0.39 is 0 Å². The van der Waals surface area contributed by atoms with Gasteiger partial charge in [-0.3, -0.25) is 9.89 Å². The van der Waals surface area contributed by atoms with Gasteiger partial charge in [0.1, 0.15) is 5.76 Å². The molecule has 0 radical (unpaired) electrons. The Labute approximate surface area is 177 Å². The number of nitrogens with zero attached hydrogens (tertiary/aromatic N) is 3. The maximum absolute atomic E-state index is 5.55. The molecule has 1 saturated heterocycles. The van der Waals surface area contributed by atoms with Gasteiger partial charge in [-0.1, -0.05) is 5.16 Å². The molecule has 1 unspecified atom stereocenters. The summed E-state index contributed by atoms with van der Waals surface area (Å²) in [6.45, 7) is 14.0. The third kappa shape index (κ3) is 6.04. The van der Waals surface area contributed by atoms with Crippen LogP contribution < -0.4 is 10.6 Å². The van der Waals surface area contributed by atoms with Crippen LogP contribution in [-0.4, -0.2) is 62.0 Å². The van der Waals surface area contributed by atoms with Gasteiger partial charge >= 0.3 is 0 Å². The lowest BCUT2D eigenvalue weighted by Crippen LogP contribution is -2.42. The van der Waals surface area contributed by atoms with Gasteiger partial charge in [-0.25, -0.2) is 0 Å². The maximum atomic E-state index is 5.55. The van der Waals surface area contributed by atoms with E-state index in [0.717, 1.165) is 69.8 Å². The Balaban J connectivity index is 1.65. The number of aryl methyl sites for hydroxylation is 3. The molecular formula is C21H33N5O2S. The second-order valence-corrected chi connectivity index (χ2v) is 8.63. The van der Waals surface area contributed by atoms with E-state index >= 15 is 0 Å². The normalized spacial score (nSPS) is 16.8. The van der Waals surface area contributed by atoms with Gasteiger partial charge in [0.15, 0.2) is 5.96 Å². The van der Waals surface area contributed by atoms with E-state index in [2.05, 4.69) is 46.7 Å². The SMILES string of the molecule is CCNC(=NCC(c1ccc(C)s1)N1CCOCC1)NCCc1c(C)noc1C. The lowest BCUT2D eigenvalue weighted by atomic mass is 10.1. The van der Waals surface area contributed by atoms with Crippen molar-refractivity contribution in [3.63, 3.8) is 0 Å². The van der Waals surface area contributed by atoms with Gasteiger partial charge in [-0.05, 0) is 46.2 Å². The minimum Gasteiger partial charge on any atom is -0.379 e. The number of guanidine groups is 1. The highest BCUT2D eigenvalue weighted by atomic mass is 32.1. The smallest absolute Gasteiger partial charge is 0.191 e. The van der Waals surface area contributed by atoms with E-state index in [1.165, 1.54) is 15.3 Å². The highest BCUT2D eigenvalue weighted by Gasteiger charge is 2.23. The molecular weight excluding hydrogens is 386 g/mol. The van der Waals surface area contributed by atoms with E-state index in [1.807, 2.05) is 25.2 Å². The fourth-order valence-electron chi connectivity index (χ4n) is 3.59. The van der Waals surface area contributed by atoms with Crippen molar-refractivity contribution in [2.24, 2.45) is 4.99 Å². The monoisotopic (exact) mass is 419 g/mol. The van der Waals surface area contributed by atoms with E-state index in [0.29, 0.717) is 0 Å². The first-order chi connectivity index (χ1) is 14.1. The third-order valence-electron chi connectivity index (χ3n) is 5.19. The van der Waals surface area contributed by atoms with Crippen molar-refractivity contribution in [1.82, 2.24) is 20.7 Å². The average Bonchev–Trinajstić information content (AvgIpc) is 3.29. The minimum absolute atomic E-state index is 0.288. The molecule has 0 aromatic carbocycles. The van der Waals surface area contributed by atoms with Gasteiger partial charge in [0.05, 0.1) is 31.5 Å². The molecule has 2 aromatic rings. The molecule has 2 aromatic heterocycles. The van der Waals surface area contributed by atoms with Gasteiger partial charge < -0.3 is 19.9 Å². The average molecular weight is 420 g/mol. The largest absolute Gasteiger partial charge is 0.379 e. The summed E-state index contributed by atoms with van der Waals surface area (Å²) in [5.41, 5.74) is 2.14. The summed E-state index contributed by atoms with van der Waals surface area (Å²) >= 11 is 1.86. The van der Waals surface area contributed by atoms with E-state index in [-0.39, 0.29) is 6.04 Å². The van der Waals surface area contributed by atoms with Gasteiger partial charge in [0.25, 0.3) is 0 Å². The molecule has 1 fully saturated rings. The van der Waals surface area contributed by atoms with Gasteiger partial charge in [-0.2, -0.15) is 0 Å². The number of aliphatic imine (C=N–C) groups is 1. The highest BCUT2D eigenvalue weighted by Crippen LogP contribution is 2.28. The molecule has 3 heterocycles. The topological polar surface area (TPSA) is 74.9 Å².